The van der Waals surface area contributed by atoms with E-state index in [9.17, 15) is 14.0 Å². The lowest BCUT2D eigenvalue weighted by Crippen LogP contribution is -2.42. The molecule has 2 atom stereocenters. The molecule has 6 heteroatoms. The number of halogens is 1. The maximum absolute atomic E-state index is 13.0. The van der Waals surface area contributed by atoms with Crippen molar-refractivity contribution in [1.82, 2.24) is 4.90 Å². The minimum Gasteiger partial charge on any atom is -0.335 e. The Morgan fingerprint density at radius 3 is 2.32 bits per heavy atom. The number of nitrogens with one attached hydrogen (secondary N) is 1. The van der Waals surface area contributed by atoms with E-state index >= 15 is 0 Å². The normalized spacial score (nSPS) is 12.9. The second-order valence-electron chi connectivity index (χ2n) is 6.72. The molecule has 0 radical (unpaired) electrons. The van der Waals surface area contributed by atoms with Gasteiger partial charge in [-0.2, -0.15) is 0 Å². The molecule has 2 rings (SSSR count). The highest BCUT2D eigenvalue weighted by Gasteiger charge is 2.25. The summed E-state index contributed by atoms with van der Waals surface area (Å²) >= 11 is 1.30. The van der Waals surface area contributed by atoms with Gasteiger partial charge in [0.05, 0.1) is 11.0 Å². The van der Waals surface area contributed by atoms with Crippen molar-refractivity contribution >= 4 is 29.3 Å². The molecule has 150 valence electrons. The van der Waals surface area contributed by atoms with Crippen LogP contribution in [0.5, 0.6) is 0 Å². The van der Waals surface area contributed by atoms with Gasteiger partial charge in [0.1, 0.15) is 5.82 Å². The van der Waals surface area contributed by atoms with Crippen LogP contribution in [-0.4, -0.2) is 33.8 Å². The minimum atomic E-state index is -0.352. The third-order valence-corrected chi connectivity index (χ3v) is 5.67. The third kappa shape index (κ3) is 6.68. The average Bonchev–Trinajstić information content (AvgIpc) is 2.71. The summed E-state index contributed by atoms with van der Waals surface area (Å²) in [5.74, 6) is -0.383. The molecule has 0 spiro atoms. The molecule has 0 fully saturated rings. The Kier molecular flexibility index (Phi) is 8.51. The molecule has 0 aromatic heterocycles. The van der Waals surface area contributed by atoms with Gasteiger partial charge in [0.25, 0.3) is 0 Å². The van der Waals surface area contributed by atoms with Gasteiger partial charge in [-0.1, -0.05) is 37.3 Å². The fourth-order valence-electron chi connectivity index (χ4n) is 2.69. The van der Waals surface area contributed by atoms with E-state index in [1.54, 1.807) is 0 Å². The van der Waals surface area contributed by atoms with Gasteiger partial charge in [0.15, 0.2) is 0 Å². The van der Waals surface area contributed by atoms with E-state index in [-0.39, 0.29) is 34.7 Å². The number of carbonyl (C=O) groups excluding carboxylic acids is 2. The summed E-state index contributed by atoms with van der Waals surface area (Å²) in [7, 11) is 0. The maximum Gasteiger partial charge on any atom is 0.235 e. The highest BCUT2D eigenvalue weighted by molar-refractivity contribution is 8.01. The molecule has 2 aromatic carbocycles. The summed E-state index contributed by atoms with van der Waals surface area (Å²) in [6, 6.07) is 15.6. The smallest absolute Gasteiger partial charge is 0.235 e. The standard InChI is InChI=1S/C22H27FN2O2S/c1-4-16(2)25(14-18-8-6-5-7-9-18)22(27)17(3)28-15-21(26)24-20-12-10-19(23)11-13-20/h5-13,16-17H,4,14-15H2,1-3H3,(H,24,26). The predicted molar refractivity (Wildman–Crippen MR) is 114 cm³/mol. The molecule has 2 aromatic rings. The van der Waals surface area contributed by atoms with Gasteiger partial charge < -0.3 is 10.2 Å². The van der Waals surface area contributed by atoms with Gasteiger partial charge in [-0.15, -0.1) is 11.8 Å². The zero-order chi connectivity index (χ0) is 20.5. The van der Waals surface area contributed by atoms with Gasteiger partial charge >= 0.3 is 0 Å². The van der Waals surface area contributed by atoms with E-state index in [1.165, 1.54) is 36.0 Å². The van der Waals surface area contributed by atoms with E-state index in [4.69, 9.17) is 0 Å². The molecule has 2 unspecified atom stereocenters. The lowest BCUT2D eigenvalue weighted by molar-refractivity contribution is -0.133. The first kappa shape index (κ1) is 22.0. The van der Waals surface area contributed by atoms with Crippen molar-refractivity contribution < 1.29 is 14.0 Å². The number of hydrogen-bond donors (Lipinski definition) is 1. The second-order valence-corrected chi connectivity index (χ2v) is 8.05. The van der Waals surface area contributed by atoms with Gasteiger partial charge in [0.2, 0.25) is 11.8 Å². The lowest BCUT2D eigenvalue weighted by Gasteiger charge is -2.31. The summed E-state index contributed by atoms with van der Waals surface area (Å²) in [6.07, 6.45) is 0.862. The van der Waals surface area contributed by atoms with Crippen LogP contribution in [0.25, 0.3) is 0 Å². The molecule has 1 N–H and O–H groups in total. The number of nitrogens with zero attached hydrogens (tertiary/aromatic N) is 1. The van der Waals surface area contributed by atoms with E-state index < -0.39 is 0 Å². The summed E-state index contributed by atoms with van der Waals surface area (Å²) in [6.45, 7) is 6.49. The molecular formula is C22H27FN2O2S. The largest absolute Gasteiger partial charge is 0.335 e. The van der Waals surface area contributed by atoms with Gasteiger partial charge in [-0.25, -0.2) is 4.39 Å². The number of thioether (sulfide) groups is 1. The summed E-state index contributed by atoms with van der Waals surface area (Å²) in [5, 5.41) is 2.38. The lowest BCUT2D eigenvalue weighted by atomic mass is 10.1. The predicted octanol–water partition coefficient (Wildman–Crippen LogP) is 4.71. The van der Waals surface area contributed by atoms with Crippen LogP contribution in [0.4, 0.5) is 10.1 Å². The van der Waals surface area contributed by atoms with E-state index in [0.717, 1.165) is 12.0 Å². The van der Waals surface area contributed by atoms with E-state index in [2.05, 4.69) is 12.2 Å². The highest BCUT2D eigenvalue weighted by Crippen LogP contribution is 2.19. The van der Waals surface area contributed by atoms with Crippen molar-refractivity contribution in [2.75, 3.05) is 11.1 Å². The maximum atomic E-state index is 13.0. The molecule has 0 saturated carbocycles. The van der Waals surface area contributed by atoms with Crippen molar-refractivity contribution in [1.29, 1.82) is 0 Å². The van der Waals surface area contributed by atoms with Gasteiger partial charge in [0, 0.05) is 18.3 Å². The Morgan fingerprint density at radius 2 is 1.71 bits per heavy atom. The topological polar surface area (TPSA) is 49.4 Å². The molecule has 4 nitrogen and oxygen atoms in total. The van der Waals surface area contributed by atoms with Crippen molar-refractivity contribution in [3.05, 3.63) is 66.0 Å². The van der Waals surface area contributed by atoms with Crippen molar-refractivity contribution in [3.63, 3.8) is 0 Å². The molecular weight excluding hydrogens is 375 g/mol. The van der Waals surface area contributed by atoms with E-state index in [0.29, 0.717) is 12.2 Å². The molecule has 0 heterocycles. The van der Waals surface area contributed by atoms with Crippen LogP contribution in [0.15, 0.2) is 54.6 Å². The molecule has 0 bridgehead atoms. The Morgan fingerprint density at radius 1 is 1.07 bits per heavy atom. The first-order chi connectivity index (χ1) is 13.4. The SMILES string of the molecule is CCC(C)N(Cc1ccccc1)C(=O)C(C)SCC(=O)Nc1ccc(F)cc1. The number of carbonyl (C=O) groups is 2. The molecule has 0 aliphatic carbocycles. The van der Waals surface area contributed by atoms with Crippen LogP contribution in [0.3, 0.4) is 0 Å². The number of benzene rings is 2. The Balaban J connectivity index is 1.92. The Labute approximate surface area is 170 Å². The van der Waals surface area contributed by atoms with Crippen molar-refractivity contribution in [2.24, 2.45) is 0 Å². The van der Waals surface area contributed by atoms with Crippen LogP contribution in [-0.2, 0) is 16.1 Å². The Hall–Kier alpha value is -2.34. The minimum absolute atomic E-state index is 0.0257. The van der Waals surface area contributed by atoms with Gasteiger partial charge in [-0.3, -0.25) is 9.59 Å². The van der Waals surface area contributed by atoms with Gasteiger partial charge in [-0.05, 0) is 50.1 Å². The summed E-state index contributed by atoms with van der Waals surface area (Å²) < 4.78 is 12.9. The van der Waals surface area contributed by atoms with Crippen LogP contribution in [0.2, 0.25) is 0 Å². The highest BCUT2D eigenvalue weighted by atomic mass is 32.2. The first-order valence-corrected chi connectivity index (χ1v) is 10.5. The first-order valence-electron chi connectivity index (χ1n) is 9.42. The van der Waals surface area contributed by atoms with Crippen molar-refractivity contribution in [3.8, 4) is 0 Å². The third-order valence-electron chi connectivity index (χ3n) is 4.54. The van der Waals surface area contributed by atoms with Crippen LogP contribution in [0, 0.1) is 5.82 Å². The quantitative estimate of drug-likeness (QED) is 0.661. The summed E-state index contributed by atoms with van der Waals surface area (Å²) in [4.78, 5) is 27.0. The fraction of sp³-hybridized carbons (Fsp3) is 0.364. The van der Waals surface area contributed by atoms with E-state index in [1.807, 2.05) is 49.1 Å². The van der Waals surface area contributed by atoms with Crippen LogP contribution >= 0.6 is 11.8 Å². The van der Waals surface area contributed by atoms with Crippen molar-refractivity contribution in [2.45, 2.75) is 45.0 Å². The fourth-order valence-corrected chi connectivity index (χ4v) is 3.44. The summed E-state index contributed by atoms with van der Waals surface area (Å²) in [5.41, 5.74) is 1.62. The molecule has 0 aliphatic heterocycles. The zero-order valence-electron chi connectivity index (χ0n) is 16.5. The monoisotopic (exact) mass is 402 g/mol. The Bertz CT molecular complexity index is 768. The molecule has 0 saturated heterocycles. The number of anilines is 1. The average molecular weight is 403 g/mol. The number of amides is 2. The number of rotatable bonds is 9. The van der Waals surface area contributed by atoms with Crippen LogP contribution < -0.4 is 5.32 Å². The molecule has 2 amide bonds. The molecule has 28 heavy (non-hydrogen) atoms. The second kappa shape index (κ2) is 10.9. The zero-order valence-corrected chi connectivity index (χ0v) is 17.3. The van der Waals surface area contributed by atoms with Crippen LogP contribution in [0.1, 0.15) is 32.8 Å². The molecule has 0 aliphatic rings. The number of hydrogen-bond acceptors (Lipinski definition) is 3.